The molecule has 1 saturated carbocycles. The molecule has 0 aromatic heterocycles. The molecule has 5 nitrogen and oxygen atoms in total. The highest BCUT2D eigenvalue weighted by molar-refractivity contribution is 5.79. The predicted octanol–water partition coefficient (Wildman–Crippen LogP) is 1.78. The fourth-order valence-corrected chi connectivity index (χ4v) is 2.14. The molecular weight excluding hydrogens is 254 g/mol. The molecule has 0 atom stereocenters. The highest BCUT2D eigenvalue weighted by atomic mass is 16.5. The zero-order valence-corrected chi connectivity index (χ0v) is 13.3. The summed E-state index contributed by atoms with van der Waals surface area (Å²) in [6.07, 6.45) is 4.75. The number of hydrogen-bond acceptors (Lipinski definition) is 3. The van der Waals surface area contributed by atoms with Gasteiger partial charge in [0.1, 0.15) is 0 Å². The second kappa shape index (κ2) is 10.00. The number of guanidine groups is 1. The van der Waals surface area contributed by atoms with Crippen molar-refractivity contribution in [1.29, 1.82) is 0 Å². The van der Waals surface area contributed by atoms with Gasteiger partial charge in [0.25, 0.3) is 0 Å². The van der Waals surface area contributed by atoms with Gasteiger partial charge in [0.15, 0.2) is 5.96 Å². The number of aliphatic imine (C=N–C) groups is 1. The monoisotopic (exact) mass is 285 g/mol. The van der Waals surface area contributed by atoms with E-state index in [0.29, 0.717) is 5.41 Å². The number of hydrogen-bond donors (Lipinski definition) is 2. The van der Waals surface area contributed by atoms with E-state index >= 15 is 0 Å². The summed E-state index contributed by atoms with van der Waals surface area (Å²) in [5.74, 6) is 0.893. The molecule has 0 aliphatic heterocycles. The molecule has 1 aliphatic carbocycles. The molecule has 0 saturated heterocycles. The molecule has 2 N–H and O–H groups in total. The molecule has 0 aromatic rings. The first kappa shape index (κ1) is 17.2. The van der Waals surface area contributed by atoms with E-state index < -0.39 is 0 Å². The van der Waals surface area contributed by atoms with Gasteiger partial charge in [-0.25, -0.2) is 0 Å². The lowest BCUT2D eigenvalue weighted by atomic mass is 10.0. The van der Waals surface area contributed by atoms with Crippen LogP contribution in [0.4, 0.5) is 0 Å². The first-order valence-corrected chi connectivity index (χ1v) is 7.86. The molecule has 1 fully saturated rings. The summed E-state index contributed by atoms with van der Waals surface area (Å²) in [7, 11) is 1.82. The van der Waals surface area contributed by atoms with Gasteiger partial charge in [0.05, 0.1) is 0 Å². The van der Waals surface area contributed by atoms with Crippen molar-refractivity contribution < 1.29 is 9.47 Å². The number of rotatable bonds is 11. The topological polar surface area (TPSA) is 54.9 Å². The van der Waals surface area contributed by atoms with E-state index in [0.717, 1.165) is 58.3 Å². The van der Waals surface area contributed by atoms with Gasteiger partial charge in [-0.15, -0.1) is 0 Å². The number of nitrogens with one attached hydrogen (secondary N) is 2. The molecular formula is C15H31N3O2. The Morgan fingerprint density at radius 1 is 1.10 bits per heavy atom. The third-order valence-electron chi connectivity index (χ3n) is 3.75. The van der Waals surface area contributed by atoms with Crippen LogP contribution < -0.4 is 10.6 Å². The van der Waals surface area contributed by atoms with Crippen LogP contribution in [-0.2, 0) is 9.47 Å². The van der Waals surface area contributed by atoms with Crippen molar-refractivity contribution >= 4 is 5.96 Å². The molecule has 1 rings (SSSR count). The summed E-state index contributed by atoms with van der Waals surface area (Å²) in [5, 5.41) is 6.76. The Morgan fingerprint density at radius 3 is 2.40 bits per heavy atom. The van der Waals surface area contributed by atoms with E-state index in [4.69, 9.17) is 9.47 Å². The van der Waals surface area contributed by atoms with Crippen molar-refractivity contribution in [1.82, 2.24) is 10.6 Å². The quantitative estimate of drug-likeness (QED) is 0.345. The molecule has 0 radical (unpaired) electrons. The molecule has 0 heterocycles. The van der Waals surface area contributed by atoms with Crippen LogP contribution in [0.2, 0.25) is 0 Å². The van der Waals surface area contributed by atoms with Crippen LogP contribution in [0.5, 0.6) is 0 Å². The Labute approximate surface area is 123 Å². The van der Waals surface area contributed by atoms with Gasteiger partial charge in [-0.1, -0.05) is 0 Å². The minimum atomic E-state index is 0.443. The summed E-state index contributed by atoms with van der Waals surface area (Å²) < 4.78 is 10.8. The van der Waals surface area contributed by atoms with Gasteiger partial charge in [-0.2, -0.15) is 0 Å². The van der Waals surface area contributed by atoms with E-state index in [9.17, 15) is 0 Å². The average Bonchev–Trinajstić information content (AvgIpc) is 3.23. The standard InChI is InChI=1S/C15H31N3O2/c1-4-19-11-6-10-17-14(16-3)18-13-15(7-8-15)9-12-20-5-2/h4-13H2,1-3H3,(H2,16,17,18). The van der Waals surface area contributed by atoms with Crippen LogP contribution in [0, 0.1) is 5.41 Å². The minimum absolute atomic E-state index is 0.443. The van der Waals surface area contributed by atoms with Crippen LogP contribution in [0.25, 0.3) is 0 Å². The molecule has 0 aromatic carbocycles. The van der Waals surface area contributed by atoms with Crippen molar-refractivity contribution in [2.24, 2.45) is 10.4 Å². The van der Waals surface area contributed by atoms with Crippen molar-refractivity contribution in [3.05, 3.63) is 0 Å². The predicted molar refractivity (Wildman–Crippen MR) is 83.3 cm³/mol. The molecule has 0 spiro atoms. The second-order valence-electron chi connectivity index (χ2n) is 5.35. The summed E-state index contributed by atoms with van der Waals surface area (Å²) in [5.41, 5.74) is 0.443. The normalized spacial score (nSPS) is 17.1. The Hall–Kier alpha value is -0.810. The van der Waals surface area contributed by atoms with Crippen LogP contribution in [0.1, 0.15) is 39.5 Å². The third kappa shape index (κ3) is 7.10. The van der Waals surface area contributed by atoms with Gasteiger partial charge in [0, 0.05) is 46.6 Å². The summed E-state index contributed by atoms with van der Waals surface area (Å²) >= 11 is 0. The van der Waals surface area contributed by atoms with E-state index in [1.165, 1.54) is 12.8 Å². The first-order chi connectivity index (χ1) is 9.76. The highest BCUT2D eigenvalue weighted by Crippen LogP contribution is 2.48. The summed E-state index contributed by atoms with van der Waals surface area (Å²) in [6.45, 7) is 9.23. The molecule has 0 unspecified atom stereocenters. The van der Waals surface area contributed by atoms with Gasteiger partial charge >= 0.3 is 0 Å². The fraction of sp³-hybridized carbons (Fsp3) is 0.933. The Bertz CT molecular complexity index is 278. The zero-order valence-electron chi connectivity index (χ0n) is 13.3. The van der Waals surface area contributed by atoms with Crippen molar-refractivity contribution in [3.63, 3.8) is 0 Å². The lowest BCUT2D eigenvalue weighted by Gasteiger charge is -2.18. The Kier molecular flexibility index (Phi) is 8.62. The van der Waals surface area contributed by atoms with E-state index in [2.05, 4.69) is 15.6 Å². The van der Waals surface area contributed by atoms with Gasteiger partial charge < -0.3 is 20.1 Å². The van der Waals surface area contributed by atoms with Crippen LogP contribution in [0.15, 0.2) is 4.99 Å². The minimum Gasteiger partial charge on any atom is -0.382 e. The fourth-order valence-electron chi connectivity index (χ4n) is 2.14. The first-order valence-electron chi connectivity index (χ1n) is 7.86. The van der Waals surface area contributed by atoms with Gasteiger partial charge in [0.2, 0.25) is 0 Å². The van der Waals surface area contributed by atoms with Gasteiger partial charge in [-0.3, -0.25) is 4.99 Å². The van der Waals surface area contributed by atoms with Crippen LogP contribution >= 0.6 is 0 Å². The maximum atomic E-state index is 5.46. The molecule has 20 heavy (non-hydrogen) atoms. The number of ether oxygens (including phenoxy) is 2. The largest absolute Gasteiger partial charge is 0.382 e. The summed E-state index contributed by atoms with van der Waals surface area (Å²) in [6, 6.07) is 0. The highest BCUT2D eigenvalue weighted by Gasteiger charge is 2.41. The molecule has 1 aliphatic rings. The van der Waals surface area contributed by atoms with Crippen molar-refractivity contribution in [2.45, 2.75) is 39.5 Å². The van der Waals surface area contributed by atoms with Crippen LogP contribution in [0.3, 0.4) is 0 Å². The average molecular weight is 285 g/mol. The molecule has 118 valence electrons. The molecule has 0 amide bonds. The smallest absolute Gasteiger partial charge is 0.190 e. The SMILES string of the molecule is CCOCCCNC(=NC)NCC1(CCOCC)CC1. The maximum Gasteiger partial charge on any atom is 0.190 e. The lowest BCUT2D eigenvalue weighted by Crippen LogP contribution is -2.41. The zero-order chi connectivity index (χ0) is 14.7. The second-order valence-corrected chi connectivity index (χ2v) is 5.35. The van der Waals surface area contributed by atoms with E-state index in [-0.39, 0.29) is 0 Å². The van der Waals surface area contributed by atoms with E-state index in [1.807, 2.05) is 20.9 Å². The summed E-state index contributed by atoms with van der Waals surface area (Å²) in [4.78, 5) is 4.26. The number of nitrogens with zero attached hydrogens (tertiary/aromatic N) is 1. The Morgan fingerprint density at radius 2 is 1.80 bits per heavy atom. The van der Waals surface area contributed by atoms with E-state index in [1.54, 1.807) is 0 Å². The lowest BCUT2D eigenvalue weighted by molar-refractivity contribution is 0.128. The molecule has 0 bridgehead atoms. The third-order valence-corrected chi connectivity index (χ3v) is 3.75. The maximum absolute atomic E-state index is 5.46. The Balaban J connectivity index is 2.11. The van der Waals surface area contributed by atoms with Gasteiger partial charge in [-0.05, 0) is 44.9 Å². The van der Waals surface area contributed by atoms with Crippen molar-refractivity contribution in [3.8, 4) is 0 Å². The van der Waals surface area contributed by atoms with Crippen molar-refractivity contribution in [2.75, 3.05) is 46.6 Å². The molecule has 5 heteroatoms. The van der Waals surface area contributed by atoms with Crippen LogP contribution in [-0.4, -0.2) is 52.5 Å².